The van der Waals surface area contributed by atoms with Crippen LogP contribution in [0, 0.1) is 20.8 Å². The topological polar surface area (TPSA) is 139 Å². The summed E-state index contributed by atoms with van der Waals surface area (Å²) in [6, 6.07) is 8.10. The van der Waals surface area contributed by atoms with Crippen LogP contribution in [0.15, 0.2) is 49.1 Å². The van der Waals surface area contributed by atoms with Crippen molar-refractivity contribution in [3.05, 3.63) is 71.2 Å². The van der Waals surface area contributed by atoms with Crippen LogP contribution < -0.4 is 11.5 Å². The third kappa shape index (κ3) is 5.18. The lowest BCUT2D eigenvalue weighted by Crippen LogP contribution is -1.99. The largest absolute Gasteiger partial charge is 0.382 e. The maximum absolute atomic E-state index is 6.01. The van der Waals surface area contributed by atoms with Gasteiger partial charge < -0.3 is 11.5 Å². The Bertz CT molecular complexity index is 1540. The van der Waals surface area contributed by atoms with E-state index in [1.165, 1.54) is 6.20 Å². The Labute approximate surface area is 214 Å². The Kier molecular flexibility index (Phi) is 6.98. The summed E-state index contributed by atoms with van der Waals surface area (Å²) in [4.78, 5) is 17.1. The standard InChI is InChI=1S/C16H17N5.C9H10ClN5/c1-10-6-4-5-7-12(10)14-8-18-16(17)15(19-14)13-9-21(3)20-11(13)2;1-5-6(4-15(2)14-5)8-9(11)12-3-7(10)13-8/h4-9H,1-3H3,(H2,17,18);3-4H,1-2H3,(H2,11,12). The minimum Gasteiger partial charge on any atom is -0.382 e. The fraction of sp³-hybridized carbons (Fsp3) is 0.200. The molecule has 0 aliphatic carbocycles. The van der Waals surface area contributed by atoms with Crippen LogP contribution >= 0.6 is 11.6 Å². The van der Waals surface area contributed by atoms with Crippen LogP contribution in [0.25, 0.3) is 33.8 Å². The summed E-state index contributed by atoms with van der Waals surface area (Å²) in [7, 11) is 3.72. The molecule has 0 unspecified atom stereocenters. The highest BCUT2D eigenvalue weighted by atomic mass is 35.5. The van der Waals surface area contributed by atoms with Crippen molar-refractivity contribution < 1.29 is 0 Å². The van der Waals surface area contributed by atoms with Crippen molar-refractivity contribution in [1.82, 2.24) is 39.5 Å². The number of halogens is 1. The van der Waals surface area contributed by atoms with E-state index in [0.29, 0.717) is 28.2 Å². The van der Waals surface area contributed by atoms with Crippen molar-refractivity contribution in [2.75, 3.05) is 11.5 Å². The lowest BCUT2D eigenvalue weighted by Gasteiger charge is -2.08. The summed E-state index contributed by atoms with van der Waals surface area (Å²) >= 11 is 5.77. The van der Waals surface area contributed by atoms with E-state index in [2.05, 4.69) is 38.1 Å². The second kappa shape index (κ2) is 10.1. The molecule has 0 atom stereocenters. The van der Waals surface area contributed by atoms with Gasteiger partial charge in [-0.3, -0.25) is 9.36 Å². The highest BCUT2D eigenvalue weighted by Crippen LogP contribution is 2.29. The molecule has 1 aromatic carbocycles. The molecule has 0 bridgehead atoms. The predicted octanol–water partition coefficient (Wildman–Crippen LogP) is 4.16. The van der Waals surface area contributed by atoms with E-state index >= 15 is 0 Å². The Balaban J connectivity index is 0.000000179. The fourth-order valence-electron chi connectivity index (χ4n) is 3.83. The molecular weight excluding hydrogens is 476 g/mol. The normalized spacial score (nSPS) is 10.7. The Morgan fingerprint density at radius 1 is 0.722 bits per heavy atom. The third-order valence-corrected chi connectivity index (χ3v) is 5.71. The van der Waals surface area contributed by atoms with E-state index in [1.54, 1.807) is 15.6 Å². The number of benzene rings is 1. The zero-order valence-corrected chi connectivity index (χ0v) is 21.5. The molecule has 0 saturated carbocycles. The molecule has 5 rings (SSSR count). The number of hydrogen-bond donors (Lipinski definition) is 2. The Morgan fingerprint density at radius 2 is 1.25 bits per heavy atom. The molecule has 5 aromatic rings. The maximum Gasteiger partial charge on any atom is 0.150 e. The van der Waals surface area contributed by atoms with Crippen LogP contribution in [-0.4, -0.2) is 39.5 Å². The summed E-state index contributed by atoms with van der Waals surface area (Å²) in [5.41, 5.74) is 19.5. The van der Waals surface area contributed by atoms with Crippen molar-refractivity contribution in [3.8, 4) is 33.8 Å². The van der Waals surface area contributed by atoms with Gasteiger partial charge in [0.05, 0.1) is 29.5 Å². The summed E-state index contributed by atoms with van der Waals surface area (Å²) in [5.74, 6) is 0.777. The van der Waals surface area contributed by atoms with Gasteiger partial charge in [-0.25, -0.2) is 19.9 Å². The average Bonchev–Trinajstić information content (AvgIpc) is 3.35. The smallest absolute Gasteiger partial charge is 0.150 e. The quantitative estimate of drug-likeness (QED) is 0.374. The zero-order valence-electron chi connectivity index (χ0n) is 20.7. The molecular formula is C25H27ClN10. The van der Waals surface area contributed by atoms with E-state index in [0.717, 1.165) is 39.3 Å². The van der Waals surface area contributed by atoms with Crippen molar-refractivity contribution >= 4 is 23.2 Å². The van der Waals surface area contributed by atoms with Gasteiger partial charge in [0.15, 0.2) is 0 Å². The maximum atomic E-state index is 6.01. The van der Waals surface area contributed by atoms with Crippen molar-refractivity contribution in [1.29, 1.82) is 0 Å². The highest BCUT2D eigenvalue weighted by Gasteiger charge is 2.15. The molecule has 0 radical (unpaired) electrons. The molecule has 36 heavy (non-hydrogen) atoms. The van der Waals surface area contributed by atoms with Crippen molar-refractivity contribution in [2.45, 2.75) is 20.8 Å². The minimum atomic E-state index is 0.322. The molecule has 0 aliphatic rings. The lowest BCUT2D eigenvalue weighted by molar-refractivity contribution is 0.756. The van der Waals surface area contributed by atoms with Gasteiger partial charge in [0, 0.05) is 43.2 Å². The molecule has 0 aliphatic heterocycles. The first-order valence-corrected chi connectivity index (χ1v) is 11.5. The zero-order chi connectivity index (χ0) is 26.0. The second-order valence-corrected chi connectivity index (χ2v) is 8.72. The number of nitrogen functional groups attached to an aromatic ring is 2. The van der Waals surface area contributed by atoms with E-state index in [-0.39, 0.29) is 0 Å². The molecule has 11 heteroatoms. The molecule has 0 amide bonds. The highest BCUT2D eigenvalue weighted by molar-refractivity contribution is 6.29. The monoisotopic (exact) mass is 502 g/mol. The van der Waals surface area contributed by atoms with Gasteiger partial charge >= 0.3 is 0 Å². The van der Waals surface area contributed by atoms with Crippen molar-refractivity contribution in [2.24, 2.45) is 14.1 Å². The first-order valence-electron chi connectivity index (χ1n) is 11.1. The SMILES string of the molecule is Cc1ccccc1-c1cnc(N)c(-c2cn(C)nc2C)n1.Cc1nn(C)cc1-c1nc(Cl)cnc1N. The van der Waals surface area contributed by atoms with Gasteiger partial charge in [-0.05, 0) is 26.3 Å². The summed E-state index contributed by atoms with van der Waals surface area (Å²) in [6.45, 7) is 5.89. The number of nitrogens with two attached hydrogens (primary N) is 2. The van der Waals surface area contributed by atoms with Gasteiger partial charge in [-0.1, -0.05) is 35.9 Å². The van der Waals surface area contributed by atoms with Crippen LogP contribution in [0.1, 0.15) is 17.0 Å². The van der Waals surface area contributed by atoms with Gasteiger partial charge in [0.2, 0.25) is 0 Å². The number of anilines is 2. The molecule has 10 nitrogen and oxygen atoms in total. The van der Waals surface area contributed by atoms with Gasteiger partial charge in [0.1, 0.15) is 28.2 Å². The lowest BCUT2D eigenvalue weighted by atomic mass is 10.1. The van der Waals surface area contributed by atoms with Crippen molar-refractivity contribution in [3.63, 3.8) is 0 Å². The second-order valence-electron chi connectivity index (χ2n) is 8.33. The van der Waals surface area contributed by atoms with E-state index in [1.807, 2.05) is 58.5 Å². The summed E-state index contributed by atoms with van der Waals surface area (Å²) in [6.07, 6.45) is 6.89. The molecule has 4 N–H and O–H groups in total. The fourth-order valence-corrected chi connectivity index (χ4v) is 3.96. The van der Waals surface area contributed by atoms with Crippen LogP contribution in [0.2, 0.25) is 5.15 Å². The van der Waals surface area contributed by atoms with Gasteiger partial charge in [-0.15, -0.1) is 0 Å². The van der Waals surface area contributed by atoms with Gasteiger partial charge in [0.25, 0.3) is 0 Å². The molecule has 184 valence electrons. The molecule has 0 saturated heterocycles. The van der Waals surface area contributed by atoms with Crippen LogP contribution in [0.3, 0.4) is 0 Å². The molecule has 0 fully saturated rings. The van der Waals surface area contributed by atoms with Crippen LogP contribution in [0.5, 0.6) is 0 Å². The van der Waals surface area contributed by atoms with Crippen LogP contribution in [-0.2, 0) is 14.1 Å². The number of aromatic nitrogens is 8. The Morgan fingerprint density at radius 3 is 1.78 bits per heavy atom. The number of nitrogens with zero attached hydrogens (tertiary/aromatic N) is 8. The van der Waals surface area contributed by atoms with Gasteiger partial charge in [-0.2, -0.15) is 10.2 Å². The first kappa shape index (κ1) is 24.8. The van der Waals surface area contributed by atoms with E-state index < -0.39 is 0 Å². The molecule has 0 spiro atoms. The predicted molar refractivity (Wildman–Crippen MR) is 142 cm³/mol. The third-order valence-electron chi connectivity index (χ3n) is 5.53. The van der Waals surface area contributed by atoms with E-state index in [4.69, 9.17) is 28.1 Å². The first-order chi connectivity index (χ1) is 17.1. The molecule has 4 aromatic heterocycles. The van der Waals surface area contributed by atoms with E-state index in [9.17, 15) is 0 Å². The summed E-state index contributed by atoms with van der Waals surface area (Å²) in [5, 5.41) is 8.87. The molecule has 4 heterocycles. The minimum absolute atomic E-state index is 0.322. The summed E-state index contributed by atoms with van der Waals surface area (Å²) < 4.78 is 3.46. The Hall–Kier alpha value is -4.31. The number of rotatable bonds is 3. The average molecular weight is 503 g/mol. The van der Waals surface area contributed by atoms with Crippen LogP contribution in [0.4, 0.5) is 11.6 Å². The number of aryl methyl sites for hydroxylation is 5. The number of hydrogen-bond acceptors (Lipinski definition) is 8.